The monoisotopic (exact) mass is 310 g/mol. The Bertz CT molecular complexity index is 823. The van der Waals surface area contributed by atoms with Crippen molar-refractivity contribution in [2.24, 2.45) is 0 Å². The highest BCUT2D eigenvalue weighted by Gasteiger charge is 2.33. The molecule has 3 rings (SSSR count). The quantitative estimate of drug-likeness (QED) is 0.739. The number of piperazine rings is 1. The number of nitrogens with one attached hydrogen (secondary N) is 3. The number of rotatable bonds is 2. The molecule has 1 aliphatic heterocycles. The topological polar surface area (TPSA) is 98.1 Å². The van der Waals surface area contributed by atoms with Gasteiger partial charge in [-0.15, -0.1) is 0 Å². The van der Waals surface area contributed by atoms with Crippen LogP contribution in [0.4, 0.5) is 0 Å². The van der Waals surface area contributed by atoms with Crippen LogP contribution >= 0.6 is 0 Å². The van der Waals surface area contributed by atoms with Crippen LogP contribution in [-0.4, -0.2) is 47.9 Å². The van der Waals surface area contributed by atoms with Crippen molar-refractivity contribution in [1.29, 1.82) is 0 Å². The summed E-state index contributed by atoms with van der Waals surface area (Å²) in [5, 5.41) is 3.26. The fraction of sp³-hybridized carbons (Fsp3) is 0.462. The molecule has 3 N–H and O–H groups in total. The second kappa shape index (κ2) is 4.97. The Morgan fingerprint density at radius 2 is 1.90 bits per heavy atom. The first-order valence-electron chi connectivity index (χ1n) is 6.85. The average molecular weight is 310 g/mol. The molecule has 1 aromatic carbocycles. The Balaban J connectivity index is 2.04. The van der Waals surface area contributed by atoms with E-state index in [4.69, 9.17) is 0 Å². The van der Waals surface area contributed by atoms with Crippen molar-refractivity contribution in [3.8, 4) is 0 Å². The molecule has 2 unspecified atom stereocenters. The Kier molecular flexibility index (Phi) is 3.39. The van der Waals surface area contributed by atoms with E-state index in [1.54, 1.807) is 6.07 Å². The van der Waals surface area contributed by atoms with Crippen molar-refractivity contribution in [2.45, 2.75) is 30.8 Å². The second-order valence-corrected chi connectivity index (χ2v) is 7.41. The highest BCUT2D eigenvalue weighted by Crippen LogP contribution is 2.22. The van der Waals surface area contributed by atoms with Gasteiger partial charge >= 0.3 is 5.69 Å². The van der Waals surface area contributed by atoms with Crippen LogP contribution in [0.1, 0.15) is 13.8 Å². The molecule has 0 spiro atoms. The Morgan fingerprint density at radius 1 is 1.19 bits per heavy atom. The van der Waals surface area contributed by atoms with Gasteiger partial charge in [-0.25, -0.2) is 13.2 Å². The molecule has 1 aromatic heterocycles. The second-order valence-electron chi connectivity index (χ2n) is 5.52. The molecule has 21 heavy (non-hydrogen) atoms. The lowest BCUT2D eigenvalue weighted by molar-refractivity contribution is 0.244. The lowest BCUT2D eigenvalue weighted by Gasteiger charge is -2.36. The largest absolute Gasteiger partial charge is 0.323 e. The van der Waals surface area contributed by atoms with Crippen molar-refractivity contribution in [3.63, 3.8) is 0 Å². The van der Waals surface area contributed by atoms with Gasteiger partial charge in [0.1, 0.15) is 0 Å². The number of hydrogen-bond acceptors (Lipinski definition) is 4. The summed E-state index contributed by atoms with van der Waals surface area (Å²) in [6, 6.07) is 4.65. The smallest absolute Gasteiger partial charge is 0.311 e. The molecule has 0 amide bonds. The van der Waals surface area contributed by atoms with E-state index >= 15 is 0 Å². The van der Waals surface area contributed by atoms with E-state index in [9.17, 15) is 13.2 Å². The van der Waals surface area contributed by atoms with E-state index in [0.717, 1.165) is 0 Å². The predicted molar refractivity (Wildman–Crippen MR) is 79.7 cm³/mol. The van der Waals surface area contributed by atoms with E-state index in [2.05, 4.69) is 15.3 Å². The lowest BCUT2D eigenvalue weighted by atomic mass is 10.2. The molecule has 8 heteroatoms. The number of imidazole rings is 1. The van der Waals surface area contributed by atoms with Crippen LogP contribution in [0.5, 0.6) is 0 Å². The van der Waals surface area contributed by atoms with Gasteiger partial charge in [0.25, 0.3) is 0 Å². The zero-order chi connectivity index (χ0) is 15.2. The Morgan fingerprint density at radius 3 is 2.67 bits per heavy atom. The van der Waals surface area contributed by atoms with Gasteiger partial charge in [0.15, 0.2) is 0 Å². The number of benzene rings is 1. The van der Waals surface area contributed by atoms with E-state index in [-0.39, 0.29) is 22.7 Å². The summed E-state index contributed by atoms with van der Waals surface area (Å²) >= 11 is 0. The molecule has 1 aliphatic rings. The van der Waals surface area contributed by atoms with Gasteiger partial charge in [-0.1, -0.05) is 0 Å². The van der Waals surface area contributed by atoms with Crippen molar-refractivity contribution >= 4 is 21.1 Å². The molecule has 2 heterocycles. The summed E-state index contributed by atoms with van der Waals surface area (Å²) < 4.78 is 27.1. The van der Waals surface area contributed by atoms with Gasteiger partial charge in [-0.05, 0) is 32.0 Å². The van der Waals surface area contributed by atoms with Crippen LogP contribution in [0.25, 0.3) is 11.0 Å². The van der Waals surface area contributed by atoms with E-state index in [0.29, 0.717) is 24.1 Å². The fourth-order valence-corrected chi connectivity index (χ4v) is 4.38. The van der Waals surface area contributed by atoms with Crippen LogP contribution in [0.15, 0.2) is 27.9 Å². The SMILES string of the molecule is CC1CN(S(=O)(=O)c2ccc3[nH]c(=O)[nH]c3c2)C(C)CN1. The van der Waals surface area contributed by atoms with Gasteiger partial charge < -0.3 is 15.3 Å². The normalized spacial score (nSPS) is 24.5. The van der Waals surface area contributed by atoms with Gasteiger partial charge in [0.05, 0.1) is 15.9 Å². The molecule has 2 aromatic rings. The molecular weight excluding hydrogens is 292 g/mol. The summed E-state index contributed by atoms with van der Waals surface area (Å²) in [5.74, 6) is 0. The number of hydrogen-bond donors (Lipinski definition) is 3. The standard InChI is InChI=1S/C13H18N4O3S/c1-8-7-17(9(2)6-14-8)21(19,20)10-3-4-11-12(5-10)16-13(18)15-11/h3-5,8-9,14H,6-7H2,1-2H3,(H2,15,16,18). The van der Waals surface area contributed by atoms with Crippen LogP contribution in [0, 0.1) is 0 Å². The van der Waals surface area contributed by atoms with Crippen molar-refractivity contribution in [2.75, 3.05) is 13.1 Å². The van der Waals surface area contributed by atoms with Crippen molar-refractivity contribution in [1.82, 2.24) is 19.6 Å². The third kappa shape index (κ3) is 2.50. The summed E-state index contributed by atoms with van der Waals surface area (Å²) in [5.41, 5.74) is 0.751. The maximum absolute atomic E-state index is 12.8. The predicted octanol–water partition coefficient (Wildman–Crippen LogP) is 0.227. The lowest BCUT2D eigenvalue weighted by Crippen LogP contribution is -2.56. The summed E-state index contributed by atoms with van der Waals surface area (Å²) in [7, 11) is -3.57. The molecule has 7 nitrogen and oxygen atoms in total. The molecule has 1 saturated heterocycles. The fourth-order valence-electron chi connectivity index (χ4n) is 2.63. The van der Waals surface area contributed by atoms with Crippen LogP contribution in [-0.2, 0) is 10.0 Å². The minimum atomic E-state index is -3.57. The zero-order valence-corrected chi connectivity index (χ0v) is 12.7. The number of nitrogens with zero attached hydrogens (tertiary/aromatic N) is 1. The molecule has 2 atom stereocenters. The summed E-state index contributed by atoms with van der Waals surface area (Å²) in [6.45, 7) is 4.91. The number of aromatic amines is 2. The van der Waals surface area contributed by atoms with E-state index in [1.807, 2.05) is 13.8 Å². The van der Waals surface area contributed by atoms with Gasteiger partial charge in [0, 0.05) is 25.2 Å². The van der Waals surface area contributed by atoms with Gasteiger partial charge in [-0.2, -0.15) is 4.31 Å². The van der Waals surface area contributed by atoms with E-state index < -0.39 is 10.0 Å². The number of sulfonamides is 1. The maximum Gasteiger partial charge on any atom is 0.323 e. The zero-order valence-electron chi connectivity index (χ0n) is 11.9. The van der Waals surface area contributed by atoms with E-state index in [1.165, 1.54) is 16.4 Å². The highest BCUT2D eigenvalue weighted by atomic mass is 32.2. The third-order valence-corrected chi connectivity index (χ3v) is 5.78. The first kappa shape index (κ1) is 14.3. The highest BCUT2D eigenvalue weighted by molar-refractivity contribution is 7.89. The van der Waals surface area contributed by atoms with Gasteiger partial charge in [0.2, 0.25) is 10.0 Å². The summed E-state index contributed by atoms with van der Waals surface area (Å²) in [6.07, 6.45) is 0. The molecule has 0 bridgehead atoms. The minimum absolute atomic E-state index is 0.104. The Labute approximate surface area is 122 Å². The third-order valence-electron chi connectivity index (χ3n) is 3.80. The van der Waals surface area contributed by atoms with Gasteiger partial charge in [-0.3, -0.25) is 0 Å². The van der Waals surface area contributed by atoms with Crippen molar-refractivity contribution < 1.29 is 8.42 Å². The summed E-state index contributed by atoms with van der Waals surface area (Å²) in [4.78, 5) is 16.7. The number of fused-ring (bicyclic) bond motifs is 1. The first-order chi connectivity index (χ1) is 9.88. The first-order valence-corrected chi connectivity index (χ1v) is 8.29. The molecule has 114 valence electrons. The average Bonchev–Trinajstić information content (AvgIpc) is 2.80. The molecular formula is C13H18N4O3S. The van der Waals surface area contributed by atoms with Crippen LogP contribution in [0.2, 0.25) is 0 Å². The van der Waals surface area contributed by atoms with Crippen LogP contribution < -0.4 is 11.0 Å². The van der Waals surface area contributed by atoms with Crippen LogP contribution in [0.3, 0.4) is 0 Å². The Hall–Kier alpha value is -1.64. The number of H-pyrrole nitrogens is 2. The molecule has 0 aliphatic carbocycles. The molecule has 0 saturated carbocycles. The molecule has 0 radical (unpaired) electrons. The van der Waals surface area contributed by atoms with Crippen molar-refractivity contribution in [3.05, 3.63) is 28.7 Å². The minimum Gasteiger partial charge on any atom is -0.311 e. The maximum atomic E-state index is 12.8. The number of aromatic nitrogens is 2. The molecule has 1 fully saturated rings.